The van der Waals surface area contributed by atoms with Crippen molar-refractivity contribution in [1.29, 1.82) is 0 Å². The minimum Gasteiger partial charge on any atom is -0.478 e. The van der Waals surface area contributed by atoms with E-state index in [1.54, 1.807) is 18.2 Å². The van der Waals surface area contributed by atoms with Gasteiger partial charge in [0.05, 0.1) is 5.57 Å². The maximum atomic E-state index is 11.4. The van der Waals surface area contributed by atoms with E-state index in [0.717, 1.165) is 16.7 Å². The fraction of sp³-hybridized carbons (Fsp3) is 0.0500. The number of aliphatic carboxylic acids is 1. The smallest absolute Gasteiger partial charge is 0.335 e. The molecular formula is C20H18O2. The van der Waals surface area contributed by atoms with Gasteiger partial charge in [-0.25, -0.2) is 4.79 Å². The Morgan fingerprint density at radius 3 is 2.14 bits per heavy atom. The first kappa shape index (κ1) is 15.5. The van der Waals surface area contributed by atoms with Crippen molar-refractivity contribution in [1.82, 2.24) is 0 Å². The van der Waals surface area contributed by atoms with Gasteiger partial charge in [-0.1, -0.05) is 72.8 Å². The number of benzene rings is 2. The van der Waals surface area contributed by atoms with Crippen molar-refractivity contribution >= 4 is 17.6 Å². The van der Waals surface area contributed by atoms with Crippen molar-refractivity contribution in [3.05, 3.63) is 95.6 Å². The second-order valence-corrected chi connectivity index (χ2v) is 4.89. The first-order chi connectivity index (χ1) is 10.7. The third-order valence-electron chi connectivity index (χ3n) is 3.21. The van der Waals surface area contributed by atoms with Gasteiger partial charge in [0.25, 0.3) is 0 Å². The molecule has 0 aliphatic carbocycles. The monoisotopic (exact) mass is 290 g/mol. The van der Waals surface area contributed by atoms with Gasteiger partial charge in [-0.2, -0.15) is 0 Å². The molecule has 2 aromatic rings. The van der Waals surface area contributed by atoms with E-state index >= 15 is 0 Å². The Balaban J connectivity index is 2.22. The van der Waals surface area contributed by atoms with E-state index in [1.807, 2.05) is 73.7 Å². The van der Waals surface area contributed by atoms with Crippen molar-refractivity contribution < 1.29 is 9.90 Å². The van der Waals surface area contributed by atoms with Gasteiger partial charge in [0.1, 0.15) is 0 Å². The summed E-state index contributed by atoms with van der Waals surface area (Å²) in [6, 6.07) is 19.5. The summed E-state index contributed by atoms with van der Waals surface area (Å²) in [5.41, 5.74) is 3.23. The Kier molecular flexibility index (Phi) is 5.50. The SMILES string of the molecule is CC(=CC(=CC=Cc1ccccc1)C(=O)O)c1ccccc1. The summed E-state index contributed by atoms with van der Waals surface area (Å²) in [6.07, 6.45) is 6.94. The molecule has 0 saturated carbocycles. The van der Waals surface area contributed by atoms with Gasteiger partial charge in [-0.3, -0.25) is 0 Å². The Labute approximate surface area is 130 Å². The number of hydrogen-bond acceptors (Lipinski definition) is 1. The van der Waals surface area contributed by atoms with E-state index < -0.39 is 5.97 Å². The summed E-state index contributed by atoms with van der Waals surface area (Å²) >= 11 is 0. The lowest BCUT2D eigenvalue weighted by atomic mass is 10.0. The van der Waals surface area contributed by atoms with Crippen LogP contribution >= 0.6 is 0 Å². The molecule has 0 heterocycles. The maximum Gasteiger partial charge on any atom is 0.335 e. The highest BCUT2D eigenvalue weighted by Gasteiger charge is 2.04. The van der Waals surface area contributed by atoms with Gasteiger partial charge in [0, 0.05) is 0 Å². The van der Waals surface area contributed by atoms with Gasteiger partial charge >= 0.3 is 5.97 Å². The third kappa shape index (κ3) is 4.60. The molecule has 0 bridgehead atoms. The van der Waals surface area contributed by atoms with E-state index in [0.29, 0.717) is 0 Å². The number of carbonyl (C=O) groups is 1. The normalized spacial score (nSPS) is 12.6. The molecule has 2 heteroatoms. The van der Waals surface area contributed by atoms with Crippen LogP contribution in [0.3, 0.4) is 0 Å². The van der Waals surface area contributed by atoms with Crippen LogP contribution in [0.5, 0.6) is 0 Å². The molecule has 0 spiro atoms. The second kappa shape index (κ2) is 7.79. The van der Waals surface area contributed by atoms with Crippen LogP contribution in [-0.2, 0) is 4.79 Å². The first-order valence-electron chi connectivity index (χ1n) is 7.07. The molecule has 0 atom stereocenters. The second-order valence-electron chi connectivity index (χ2n) is 4.89. The number of rotatable bonds is 5. The van der Waals surface area contributed by atoms with Crippen LogP contribution in [0, 0.1) is 0 Å². The van der Waals surface area contributed by atoms with E-state index in [-0.39, 0.29) is 5.57 Å². The maximum absolute atomic E-state index is 11.4. The number of carboxylic acid groups (broad SMARTS) is 1. The van der Waals surface area contributed by atoms with Crippen LogP contribution in [-0.4, -0.2) is 11.1 Å². The zero-order valence-corrected chi connectivity index (χ0v) is 12.4. The van der Waals surface area contributed by atoms with Crippen LogP contribution in [0.15, 0.2) is 84.5 Å². The molecule has 0 saturated heterocycles. The molecule has 110 valence electrons. The highest BCUT2D eigenvalue weighted by atomic mass is 16.4. The Morgan fingerprint density at radius 1 is 0.955 bits per heavy atom. The minimum absolute atomic E-state index is 0.258. The molecule has 0 aliphatic heterocycles. The largest absolute Gasteiger partial charge is 0.478 e. The summed E-state index contributed by atoms with van der Waals surface area (Å²) in [4.78, 5) is 11.4. The molecular weight excluding hydrogens is 272 g/mol. The lowest BCUT2D eigenvalue weighted by molar-refractivity contribution is -0.132. The van der Waals surface area contributed by atoms with Gasteiger partial charge in [-0.05, 0) is 35.8 Å². The summed E-state index contributed by atoms with van der Waals surface area (Å²) in [5.74, 6) is -0.937. The molecule has 2 aromatic carbocycles. The van der Waals surface area contributed by atoms with Gasteiger partial charge in [-0.15, -0.1) is 0 Å². The van der Waals surface area contributed by atoms with Crippen LogP contribution in [0.25, 0.3) is 11.6 Å². The average molecular weight is 290 g/mol. The zero-order chi connectivity index (χ0) is 15.8. The summed E-state index contributed by atoms with van der Waals surface area (Å²) in [7, 11) is 0. The molecule has 2 nitrogen and oxygen atoms in total. The van der Waals surface area contributed by atoms with Gasteiger partial charge in [0.15, 0.2) is 0 Å². The first-order valence-corrected chi connectivity index (χ1v) is 7.07. The Hall–Kier alpha value is -2.87. The van der Waals surface area contributed by atoms with E-state index in [1.165, 1.54) is 0 Å². The molecule has 0 radical (unpaired) electrons. The number of carboxylic acids is 1. The topological polar surface area (TPSA) is 37.3 Å². The van der Waals surface area contributed by atoms with E-state index in [9.17, 15) is 9.90 Å². The van der Waals surface area contributed by atoms with Gasteiger partial charge in [0.2, 0.25) is 0 Å². The highest BCUT2D eigenvalue weighted by Crippen LogP contribution is 2.16. The molecule has 2 rings (SSSR count). The van der Waals surface area contributed by atoms with Crippen molar-refractivity contribution in [3.63, 3.8) is 0 Å². The van der Waals surface area contributed by atoms with Crippen molar-refractivity contribution in [3.8, 4) is 0 Å². The summed E-state index contributed by atoms with van der Waals surface area (Å²) in [6.45, 7) is 1.91. The lowest BCUT2D eigenvalue weighted by Crippen LogP contribution is -1.98. The third-order valence-corrected chi connectivity index (χ3v) is 3.21. The molecule has 22 heavy (non-hydrogen) atoms. The van der Waals surface area contributed by atoms with E-state index in [4.69, 9.17) is 0 Å². The Morgan fingerprint density at radius 2 is 1.55 bits per heavy atom. The number of allylic oxidation sites excluding steroid dienone is 3. The Bertz CT molecular complexity index is 708. The van der Waals surface area contributed by atoms with Crippen LogP contribution in [0.2, 0.25) is 0 Å². The van der Waals surface area contributed by atoms with Crippen LogP contribution in [0.4, 0.5) is 0 Å². The highest BCUT2D eigenvalue weighted by molar-refractivity contribution is 5.93. The predicted molar refractivity (Wildman–Crippen MR) is 91.3 cm³/mol. The molecule has 0 amide bonds. The summed E-state index contributed by atoms with van der Waals surface area (Å²) in [5, 5.41) is 9.32. The van der Waals surface area contributed by atoms with Crippen molar-refractivity contribution in [2.45, 2.75) is 6.92 Å². The minimum atomic E-state index is -0.937. The molecule has 1 N–H and O–H groups in total. The van der Waals surface area contributed by atoms with Gasteiger partial charge < -0.3 is 5.11 Å². The lowest BCUT2D eigenvalue weighted by Gasteiger charge is -2.01. The average Bonchev–Trinajstić information content (AvgIpc) is 2.55. The molecule has 0 unspecified atom stereocenters. The predicted octanol–water partition coefficient (Wildman–Crippen LogP) is 4.81. The fourth-order valence-electron chi connectivity index (χ4n) is 2.03. The van der Waals surface area contributed by atoms with Crippen LogP contribution in [0.1, 0.15) is 18.1 Å². The quantitative estimate of drug-likeness (QED) is 0.633. The summed E-state index contributed by atoms with van der Waals surface area (Å²) < 4.78 is 0. The fourth-order valence-corrected chi connectivity index (χ4v) is 2.03. The molecule has 0 aliphatic rings. The zero-order valence-electron chi connectivity index (χ0n) is 12.4. The van der Waals surface area contributed by atoms with E-state index in [2.05, 4.69) is 0 Å². The number of hydrogen-bond donors (Lipinski definition) is 1. The van der Waals surface area contributed by atoms with Crippen molar-refractivity contribution in [2.75, 3.05) is 0 Å². The molecule has 0 aromatic heterocycles. The molecule has 0 fully saturated rings. The van der Waals surface area contributed by atoms with Crippen molar-refractivity contribution in [2.24, 2.45) is 0 Å². The standard InChI is InChI=1S/C20H18O2/c1-16(18-12-6-3-7-13-18)15-19(20(21)22)14-8-11-17-9-4-2-5-10-17/h2-15H,1H3,(H,21,22). The van der Waals surface area contributed by atoms with Crippen LogP contribution < -0.4 is 0 Å².